The minimum atomic E-state index is -0.230. The molecule has 1 aromatic carbocycles. The van der Waals surface area contributed by atoms with Crippen molar-refractivity contribution in [2.45, 2.75) is 30.5 Å². The van der Waals surface area contributed by atoms with Gasteiger partial charge >= 0.3 is 0 Å². The second-order valence-electron chi connectivity index (χ2n) is 6.38. The van der Waals surface area contributed by atoms with Crippen molar-refractivity contribution in [2.24, 2.45) is 0 Å². The predicted molar refractivity (Wildman–Crippen MR) is 118 cm³/mol. The number of rotatable bonds is 7. The van der Waals surface area contributed by atoms with Gasteiger partial charge in [0.1, 0.15) is 10.9 Å². The summed E-state index contributed by atoms with van der Waals surface area (Å²) < 4.78 is 7.77. The van der Waals surface area contributed by atoms with Crippen LogP contribution >= 0.6 is 34.7 Å². The maximum atomic E-state index is 12.6. The lowest BCUT2D eigenvalue weighted by molar-refractivity contribution is -0.116. The van der Waals surface area contributed by atoms with Crippen molar-refractivity contribution in [3.05, 3.63) is 68.0 Å². The van der Waals surface area contributed by atoms with Crippen molar-refractivity contribution in [3.63, 3.8) is 0 Å². The Morgan fingerprint density at radius 2 is 2.14 bits per heavy atom. The molecule has 0 atom stereocenters. The van der Waals surface area contributed by atoms with Gasteiger partial charge in [0.15, 0.2) is 5.75 Å². The third kappa shape index (κ3) is 5.62. The zero-order valence-electron chi connectivity index (χ0n) is 16.2. The number of carbonyl (C=O) groups excluding carboxylic acids is 1. The van der Waals surface area contributed by atoms with Crippen LogP contribution in [-0.4, -0.2) is 22.6 Å². The van der Waals surface area contributed by atoms with Crippen LogP contribution < -0.4 is 15.5 Å². The van der Waals surface area contributed by atoms with Gasteiger partial charge in [0.25, 0.3) is 0 Å². The Labute approximate surface area is 181 Å². The normalized spacial score (nSPS) is 10.8. The molecule has 0 radical (unpaired) electrons. The quantitative estimate of drug-likeness (QED) is 0.537. The Morgan fingerprint density at radius 3 is 2.79 bits per heavy atom. The van der Waals surface area contributed by atoms with Crippen LogP contribution in [0.1, 0.15) is 17.0 Å². The number of methoxy groups -OCH3 is 1. The van der Waals surface area contributed by atoms with Crippen molar-refractivity contribution in [2.75, 3.05) is 12.4 Å². The molecular formula is C20H20ClN3O3S2. The Morgan fingerprint density at radius 1 is 1.34 bits per heavy atom. The van der Waals surface area contributed by atoms with E-state index in [1.165, 1.54) is 24.9 Å². The molecule has 0 spiro atoms. The fourth-order valence-electron chi connectivity index (χ4n) is 2.58. The number of carbonyl (C=O) groups is 1. The Balaban J connectivity index is 1.78. The molecule has 6 nitrogen and oxygen atoms in total. The fourth-order valence-corrected chi connectivity index (χ4v) is 4.60. The molecule has 0 saturated heterocycles. The number of nitrogens with zero attached hydrogens (tertiary/aromatic N) is 2. The van der Waals surface area contributed by atoms with Gasteiger partial charge in [0, 0.05) is 39.3 Å². The molecule has 0 aliphatic rings. The minimum Gasteiger partial charge on any atom is -0.491 e. The van der Waals surface area contributed by atoms with Gasteiger partial charge in [-0.05, 0) is 31.5 Å². The standard InChI is InChI=1S/C20H20ClN3O3S2/c1-12-4-5-14(6-16(12)21)23-19(26)9-24-8-18(27-3)17(25)7-15(24)11-29-20-22-13(2)10-28-20/h4-8,10H,9,11H2,1-3H3,(H,23,26). The fraction of sp³-hybridized carbons (Fsp3) is 0.250. The number of aromatic nitrogens is 2. The van der Waals surface area contributed by atoms with E-state index in [1.54, 1.807) is 34.2 Å². The van der Waals surface area contributed by atoms with Gasteiger partial charge in [0.05, 0.1) is 13.3 Å². The van der Waals surface area contributed by atoms with Crippen molar-refractivity contribution in [1.82, 2.24) is 9.55 Å². The number of anilines is 1. The van der Waals surface area contributed by atoms with E-state index in [9.17, 15) is 9.59 Å². The third-order valence-corrected chi connectivity index (χ3v) is 6.69. The SMILES string of the molecule is COc1cn(CC(=O)Nc2ccc(C)c(Cl)c2)c(CSc2nc(C)cs2)cc1=O. The van der Waals surface area contributed by atoms with Crippen molar-refractivity contribution >= 4 is 46.3 Å². The number of benzene rings is 1. The molecule has 3 aromatic rings. The predicted octanol–water partition coefficient (Wildman–Crippen LogP) is 4.51. The van der Waals surface area contributed by atoms with Gasteiger partial charge in [-0.2, -0.15) is 0 Å². The average Bonchev–Trinajstić information content (AvgIpc) is 3.09. The highest BCUT2D eigenvalue weighted by Gasteiger charge is 2.12. The van der Waals surface area contributed by atoms with E-state index in [1.807, 2.05) is 25.3 Å². The van der Waals surface area contributed by atoms with E-state index >= 15 is 0 Å². The zero-order chi connectivity index (χ0) is 21.0. The van der Waals surface area contributed by atoms with Gasteiger partial charge < -0.3 is 14.6 Å². The first-order valence-corrected chi connectivity index (χ1v) is 11.0. The lowest BCUT2D eigenvalue weighted by atomic mass is 10.2. The number of thioether (sulfide) groups is 1. The van der Waals surface area contributed by atoms with E-state index < -0.39 is 0 Å². The first-order valence-electron chi connectivity index (χ1n) is 8.74. The molecule has 2 heterocycles. The highest BCUT2D eigenvalue weighted by atomic mass is 35.5. The lowest BCUT2D eigenvalue weighted by Crippen LogP contribution is -2.22. The second kappa shape index (κ2) is 9.47. The topological polar surface area (TPSA) is 73.2 Å². The summed E-state index contributed by atoms with van der Waals surface area (Å²) in [5.74, 6) is 0.470. The molecular weight excluding hydrogens is 430 g/mol. The van der Waals surface area contributed by atoms with Crippen LogP contribution in [0.2, 0.25) is 5.02 Å². The summed E-state index contributed by atoms with van der Waals surface area (Å²) in [4.78, 5) is 29.2. The van der Waals surface area contributed by atoms with Crippen LogP contribution in [0.4, 0.5) is 5.69 Å². The maximum absolute atomic E-state index is 12.6. The van der Waals surface area contributed by atoms with Gasteiger partial charge in [-0.15, -0.1) is 11.3 Å². The van der Waals surface area contributed by atoms with Crippen LogP contribution in [0.25, 0.3) is 0 Å². The van der Waals surface area contributed by atoms with Crippen molar-refractivity contribution < 1.29 is 9.53 Å². The molecule has 2 aromatic heterocycles. The Hall–Kier alpha value is -2.29. The minimum absolute atomic E-state index is 0.0366. The largest absolute Gasteiger partial charge is 0.491 e. The number of ether oxygens (including phenoxy) is 1. The summed E-state index contributed by atoms with van der Waals surface area (Å²) >= 11 is 9.20. The van der Waals surface area contributed by atoms with Crippen LogP contribution in [0.15, 0.2) is 45.0 Å². The van der Waals surface area contributed by atoms with E-state index in [-0.39, 0.29) is 23.6 Å². The number of hydrogen-bond acceptors (Lipinski definition) is 6. The van der Waals surface area contributed by atoms with Gasteiger partial charge in [-0.25, -0.2) is 4.98 Å². The number of amides is 1. The van der Waals surface area contributed by atoms with E-state index in [2.05, 4.69) is 10.3 Å². The molecule has 0 aliphatic heterocycles. The van der Waals surface area contributed by atoms with Crippen LogP contribution in [-0.2, 0) is 17.1 Å². The number of aryl methyl sites for hydroxylation is 2. The number of pyridine rings is 1. The zero-order valence-corrected chi connectivity index (χ0v) is 18.6. The number of hydrogen-bond donors (Lipinski definition) is 1. The second-order valence-corrected chi connectivity index (χ2v) is 8.87. The number of nitrogens with one attached hydrogen (secondary N) is 1. The first-order chi connectivity index (χ1) is 13.9. The first kappa shape index (κ1) is 21.4. The van der Waals surface area contributed by atoms with Crippen molar-refractivity contribution in [1.29, 1.82) is 0 Å². The van der Waals surface area contributed by atoms with E-state index in [4.69, 9.17) is 16.3 Å². The monoisotopic (exact) mass is 449 g/mol. The number of thiazole rings is 1. The van der Waals surface area contributed by atoms with Gasteiger partial charge in [0.2, 0.25) is 11.3 Å². The van der Waals surface area contributed by atoms with Gasteiger partial charge in [-0.3, -0.25) is 9.59 Å². The van der Waals surface area contributed by atoms with Crippen LogP contribution in [0, 0.1) is 13.8 Å². The Kier molecular flexibility index (Phi) is 7.00. The Bertz CT molecular complexity index is 1090. The highest BCUT2D eigenvalue weighted by Crippen LogP contribution is 2.26. The molecule has 0 aliphatic carbocycles. The van der Waals surface area contributed by atoms with Gasteiger partial charge in [-0.1, -0.05) is 29.4 Å². The van der Waals surface area contributed by atoms with Crippen LogP contribution in [0.3, 0.4) is 0 Å². The molecule has 9 heteroatoms. The summed E-state index contributed by atoms with van der Waals surface area (Å²) in [7, 11) is 1.43. The van der Waals surface area contributed by atoms with Crippen molar-refractivity contribution in [3.8, 4) is 5.75 Å². The molecule has 152 valence electrons. The number of halogens is 1. The molecule has 1 amide bonds. The highest BCUT2D eigenvalue weighted by molar-refractivity contribution is 8.00. The molecule has 0 unspecified atom stereocenters. The molecule has 0 fully saturated rings. The average molecular weight is 450 g/mol. The smallest absolute Gasteiger partial charge is 0.244 e. The summed E-state index contributed by atoms with van der Waals surface area (Å²) in [6.45, 7) is 3.87. The molecule has 29 heavy (non-hydrogen) atoms. The summed E-state index contributed by atoms with van der Waals surface area (Å²) in [6, 6.07) is 6.86. The molecule has 0 saturated carbocycles. The molecule has 3 rings (SSSR count). The lowest BCUT2D eigenvalue weighted by Gasteiger charge is -2.15. The summed E-state index contributed by atoms with van der Waals surface area (Å²) in [5, 5.41) is 5.40. The van der Waals surface area contributed by atoms with Crippen LogP contribution in [0.5, 0.6) is 5.75 Å². The molecule has 0 bridgehead atoms. The molecule has 1 N–H and O–H groups in total. The summed E-state index contributed by atoms with van der Waals surface area (Å²) in [5.41, 5.74) is 3.01. The van der Waals surface area contributed by atoms with E-state index in [0.717, 1.165) is 15.6 Å². The summed E-state index contributed by atoms with van der Waals surface area (Å²) in [6.07, 6.45) is 1.56. The third-order valence-electron chi connectivity index (χ3n) is 4.11. The van der Waals surface area contributed by atoms with E-state index in [0.29, 0.717) is 22.2 Å². The maximum Gasteiger partial charge on any atom is 0.244 e.